The van der Waals surface area contributed by atoms with Gasteiger partial charge in [0.05, 0.1) is 4.47 Å². The van der Waals surface area contributed by atoms with Gasteiger partial charge < -0.3 is 10.2 Å². The highest BCUT2D eigenvalue weighted by Gasteiger charge is 2.34. The van der Waals surface area contributed by atoms with E-state index in [1.165, 1.54) is 12.0 Å². The van der Waals surface area contributed by atoms with Gasteiger partial charge in [0.1, 0.15) is 5.82 Å². The second-order valence-corrected chi connectivity index (χ2v) is 6.07. The summed E-state index contributed by atoms with van der Waals surface area (Å²) < 4.78 is 1.13. The van der Waals surface area contributed by atoms with Crippen molar-refractivity contribution in [3.63, 3.8) is 0 Å². The topological polar surface area (TPSA) is 28.2 Å². The van der Waals surface area contributed by atoms with Crippen molar-refractivity contribution in [2.24, 2.45) is 5.41 Å². The zero-order valence-corrected chi connectivity index (χ0v) is 12.3. The molecule has 3 nitrogen and oxygen atoms in total. The number of rotatable bonds is 3. The Morgan fingerprint density at radius 2 is 2.35 bits per heavy atom. The van der Waals surface area contributed by atoms with Crippen LogP contribution in [0.2, 0.25) is 0 Å². The SMILES string of the molecule is CNCC1(C)CCN(c2nccc(C)c2Br)C1. The van der Waals surface area contributed by atoms with E-state index in [0.717, 1.165) is 29.9 Å². The Morgan fingerprint density at radius 3 is 3.06 bits per heavy atom. The molecule has 0 aromatic carbocycles. The number of nitrogens with one attached hydrogen (secondary N) is 1. The van der Waals surface area contributed by atoms with Crippen LogP contribution in [0.1, 0.15) is 18.9 Å². The molecule has 1 saturated heterocycles. The average molecular weight is 298 g/mol. The minimum Gasteiger partial charge on any atom is -0.355 e. The van der Waals surface area contributed by atoms with Crippen LogP contribution in [0.3, 0.4) is 0 Å². The summed E-state index contributed by atoms with van der Waals surface area (Å²) in [5.74, 6) is 1.09. The van der Waals surface area contributed by atoms with Gasteiger partial charge in [0.15, 0.2) is 0 Å². The van der Waals surface area contributed by atoms with Crippen LogP contribution >= 0.6 is 15.9 Å². The number of anilines is 1. The van der Waals surface area contributed by atoms with E-state index in [1.807, 2.05) is 19.3 Å². The lowest BCUT2D eigenvalue weighted by molar-refractivity contribution is 0.355. The average Bonchev–Trinajstić information content (AvgIpc) is 2.65. The molecule has 0 bridgehead atoms. The van der Waals surface area contributed by atoms with E-state index >= 15 is 0 Å². The van der Waals surface area contributed by atoms with Gasteiger partial charge in [-0.1, -0.05) is 6.92 Å². The zero-order valence-electron chi connectivity index (χ0n) is 10.8. The van der Waals surface area contributed by atoms with Crippen LogP contribution in [0.4, 0.5) is 5.82 Å². The first kappa shape index (κ1) is 12.8. The largest absolute Gasteiger partial charge is 0.355 e. The molecule has 1 aliphatic heterocycles. The Bertz CT molecular complexity index is 408. The second-order valence-electron chi connectivity index (χ2n) is 5.28. The quantitative estimate of drug-likeness (QED) is 0.929. The van der Waals surface area contributed by atoms with Gasteiger partial charge >= 0.3 is 0 Å². The van der Waals surface area contributed by atoms with Crippen molar-refractivity contribution in [3.05, 3.63) is 22.3 Å². The van der Waals surface area contributed by atoms with Gasteiger partial charge in [0, 0.05) is 25.8 Å². The maximum atomic E-state index is 4.51. The highest BCUT2D eigenvalue weighted by molar-refractivity contribution is 9.10. The number of aryl methyl sites for hydroxylation is 1. The third-order valence-electron chi connectivity index (χ3n) is 3.52. The molecule has 4 heteroatoms. The molecule has 1 aliphatic rings. The van der Waals surface area contributed by atoms with E-state index in [4.69, 9.17) is 0 Å². The van der Waals surface area contributed by atoms with Crippen LogP contribution < -0.4 is 10.2 Å². The summed E-state index contributed by atoms with van der Waals surface area (Å²) in [5, 5.41) is 3.29. The Balaban J connectivity index is 2.18. The molecule has 2 heterocycles. The molecule has 1 N–H and O–H groups in total. The molecule has 1 unspecified atom stereocenters. The number of hydrogen-bond acceptors (Lipinski definition) is 3. The first-order valence-electron chi connectivity index (χ1n) is 6.06. The molecular weight excluding hydrogens is 278 g/mol. The van der Waals surface area contributed by atoms with Gasteiger partial charge in [-0.15, -0.1) is 0 Å². The van der Waals surface area contributed by atoms with Crippen molar-refractivity contribution in [1.82, 2.24) is 10.3 Å². The first-order chi connectivity index (χ1) is 8.06. The van der Waals surface area contributed by atoms with Crippen molar-refractivity contribution in [1.29, 1.82) is 0 Å². The summed E-state index contributed by atoms with van der Waals surface area (Å²) in [6.07, 6.45) is 3.11. The Morgan fingerprint density at radius 1 is 1.59 bits per heavy atom. The fourth-order valence-corrected chi connectivity index (χ4v) is 3.01. The van der Waals surface area contributed by atoms with Gasteiger partial charge in [0.2, 0.25) is 0 Å². The highest BCUT2D eigenvalue weighted by Crippen LogP contribution is 2.35. The third-order valence-corrected chi connectivity index (χ3v) is 4.50. The van der Waals surface area contributed by atoms with Crippen LogP contribution in [0, 0.1) is 12.3 Å². The molecule has 0 radical (unpaired) electrons. The summed E-state index contributed by atoms with van der Waals surface area (Å²) in [5.41, 5.74) is 1.61. The number of pyridine rings is 1. The third kappa shape index (κ3) is 2.63. The van der Waals surface area contributed by atoms with Crippen molar-refractivity contribution < 1.29 is 0 Å². The molecule has 2 rings (SSSR count). The summed E-state index contributed by atoms with van der Waals surface area (Å²) >= 11 is 3.65. The van der Waals surface area contributed by atoms with E-state index in [9.17, 15) is 0 Å². The van der Waals surface area contributed by atoms with E-state index in [0.29, 0.717) is 5.41 Å². The number of hydrogen-bond donors (Lipinski definition) is 1. The van der Waals surface area contributed by atoms with Gasteiger partial charge in [-0.3, -0.25) is 0 Å². The predicted octanol–water partition coefficient (Wildman–Crippen LogP) is 2.59. The second kappa shape index (κ2) is 4.94. The van der Waals surface area contributed by atoms with Crippen LogP contribution in [0.15, 0.2) is 16.7 Å². The molecule has 17 heavy (non-hydrogen) atoms. The molecular formula is C13H20BrN3. The van der Waals surface area contributed by atoms with Gasteiger partial charge in [-0.25, -0.2) is 4.98 Å². The van der Waals surface area contributed by atoms with E-state index in [1.54, 1.807) is 0 Å². The molecule has 0 amide bonds. The van der Waals surface area contributed by atoms with Crippen LogP contribution in [0.5, 0.6) is 0 Å². The Kier molecular flexibility index (Phi) is 3.73. The highest BCUT2D eigenvalue weighted by atomic mass is 79.9. The molecule has 1 fully saturated rings. The molecule has 1 aromatic rings. The molecule has 1 aromatic heterocycles. The molecule has 0 saturated carbocycles. The lowest BCUT2D eigenvalue weighted by Gasteiger charge is -2.25. The molecule has 0 aliphatic carbocycles. The normalized spacial score (nSPS) is 24.4. The number of aromatic nitrogens is 1. The van der Waals surface area contributed by atoms with Crippen molar-refractivity contribution in [3.8, 4) is 0 Å². The summed E-state index contributed by atoms with van der Waals surface area (Å²) in [6.45, 7) is 7.67. The smallest absolute Gasteiger partial charge is 0.143 e. The van der Waals surface area contributed by atoms with Crippen LogP contribution in [-0.2, 0) is 0 Å². The fourth-order valence-electron chi connectivity index (χ4n) is 2.52. The summed E-state index contributed by atoms with van der Waals surface area (Å²) in [6, 6.07) is 2.04. The van der Waals surface area contributed by atoms with E-state index in [2.05, 4.69) is 45.0 Å². The predicted molar refractivity (Wildman–Crippen MR) is 75.5 cm³/mol. The number of halogens is 1. The molecule has 94 valence electrons. The van der Waals surface area contributed by atoms with Gasteiger partial charge in [-0.2, -0.15) is 0 Å². The standard InChI is InChI=1S/C13H20BrN3/c1-10-4-6-16-12(11(10)14)17-7-5-13(2,9-17)8-15-3/h4,6,15H,5,7-9H2,1-3H3. The lowest BCUT2D eigenvalue weighted by atomic mass is 9.90. The minimum absolute atomic E-state index is 0.361. The van der Waals surface area contributed by atoms with Crippen LogP contribution in [0.25, 0.3) is 0 Å². The minimum atomic E-state index is 0.361. The molecule has 1 atom stereocenters. The summed E-state index contributed by atoms with van der Waals surface area (Å²) in [4.78, 5) is 6.89. The zero-order chi connectivity index (χ0) is 12.5. The van der Waals surface area contributed by atoms with Crippen molar-refractivity contribution in [2.45, 2.75) is 20.3 Å². The monoisotopic (exact) mass is 297 g/mol. The van der Waals surface area contributed by atoms with Crippen molar-refractivity contribution >= 4 is 21.7 Å². The fraction of sp³-hybridized carbons (Fsp3) is 0.615. The molecule has 0 spiro atoms. The van der Waals surface area contributed by atoms with Gasteiger partial charge in [0.25, 0.3) is 0 Å². The van der Waals surface area contributed by atoms with Gasteiger partial charge in [-0.05, 0) is 53.4 Å². The van der Waals surface area contributed by atoms with Crippen LogP contribution in [-0.4, -0.2) is 31.7 Å². The maximum Gasteiger partial charge on any atom is 0.143 e. The Hall–Kier alpha value is -0.610. The van der Waals surface area contributed by atoms with E-state index < -0.39 is 0 Å². The lowest BCUT2D eigenvalue weighted by Crippen LogP contribution is -2.33. The van der Waals surface area contributed by atoms with Crippen molar-refractivity contribution in [2.75, 3.05) is 31.6 Å². The number of nitrogens with zero attached hydrogens (tertiary/aromatic N) is 2. The Labute approximate surface area is 112 Å². The first-order valence-corrected chi connectivity index (χ1v) is 6.86. The summed E-state index contributed by atoms with van der Waals surface area (Å²) in [7, 11) is 2.02. The maximum absolute atomic E-state index is 4.51. The van der Waals surface area contributed by atoms with E-state index in [-0.39, 0.29) is 0 Å².